The van der Waals surface area contributed by atoms with Crippen molar-refractivity contribution in [2.24, 2.45) is 5.73 Å². The molecule has 0 saturated carbocycles. The van der Waals surface area contributed by atoms with E-state index in [1.165, 1.54) is 5.56 Å². The molecule has 0 radical (unpaired) electrons. The molecule has 0 bridgehead atoms. The van der Waals surface area contributed by atoms with Gasteiger partial charge >= 0.3 is 0 Å². The number of rotatable bonds is 7. The molecule has 0 aliphatic heterocycles. The van der Waals surface area contributed by atoms with Crippen LogP contribution in [0.1, 0.15) is 31.2 Å². The average molecular weight is 245 g/mol. The highest BCUT2D eigenvalue weighted by Crippen LogP contribution is 2.17. The molecule has 2 aromatic rings. The Balaban J connectivity index is 1.90. The maximum atomic E-state index is 11.7. The van der Waals surface area contributed by atoms with Crippen molar-refractivity contribution in [3.05, 3.63) is 30.1 Å². The predicted molar refractivity (Wildman–Crippen MR) is 72.3 cm³/mol. The largest absolute Gasteiger partial charge is 0.346 e. The molecule has 18 heavy (non-hydrogen) atoms. The molecular formula is C14H19N3O. The van der Waals surface area contributed by atoms with Crippen molar-refractivity contribution in [1.29, 1.82) is 0 Å². The molecule has 96 valence electrons. The van der Waals surface area contributed by atoms with Crippen molar-refractivity contribution >= 4 is 16.8 Å². The first-order valence-electron chi connectivity index (χ1n) is 6.44. The molecule has 4 nitrogen and oxygen atoms in total. The highest BCUT2D eigenvalue weighted by atomic mass is 16.1. The summed E-state index contributed by atoms with van der Waals surface area (Å²) in [6.07, 6.45) is 7.55. The number of hydrogen-bond donors (Lipinski definition) is 2. The van der Waals surface area contributed by atoms with Gasteiger partial charge in [-0.25, -0.2) is 4.98 Å². The summed E-state index contributed by atoms with van der Waals surface area (Å²) < 4.78 is 0. The number of hydrogen-bond acceptors (Lipinski definition) is 3. The van der Waals surface area contributed by atoms with Crippen LogP contribution in [0.3, 0.4) is 0 Å². The Labute approximate surface area is 107 Å². The number of ketones is 1. The Morgan fingerprint density at radius 1 is 1.28 bits per heavy atom. The Bertz CT molecular complexity index is 518. The van der Waals surface area contributed by atoms with E-state index in [4.69, 9.17) is 5.73 Å². The summed E-state index contributed by atoms with van der Waals surface area (Å²) in [6.45, 7) is 0.668. The van der Waals surface area contributed by atoms with Crippen molar-refractivity contribution in [3.8, 4) is 0 Å². The van der Waals surface area contributed by atoms with E-state index in [-0.39, 0.29) is 0 Å². The van der Waals surface area contributed by atoms with E-state index >= 15 is 0 Å². The van der Waals surface area contributed by atoms with Crippen LogP contribution in [0.2, 0.25) is 0 Å². The number of unbranched alkanes of at least 4 members (excludes halogenated alkanes) is 1. The van der Waals surface area contributed by atoms with Crippen LogP contribution in [0.4, 0.5) is 0 Å². The number of carbonyl (C=O) groups excluding carboxylic acids is 1. The number of aromatic nitrogens is 2. The molecule has 0 spiro atoms. The van der Waals surface area contributed by atoms with E-state index in [0.717, 1.165) is 30.3 Å². The smallest absolute Gasteiger partial charge is 0.137 e. The van der Waals surface area contributed by atoms with Gasteiger partial charge in [0.15, 0.2) is 0 Å². The fourth-order valence-corrected chi connectivity index (χ4v) is 2.10. The number of nitrogens with two attached hydrogens (primary N) is 1. The van der Waals surface area contributed by atoms with Crippen LogP contribution < -0.4 is 5.73 Å². The average Bonchev–Trinajstić information content (AvgIpc) is 2.85. The van der Waals surface area contributed by atoms with Gasteiger partial charge in [-0.05, 0) is 43.5 Å². The van der Waals surface area contributed by atoms with Crippen molar-refractivity contribution in [2.45, 2.75) is 32.1 Å². The lowest BCUT2D eigenvalue weighted by Gasteiger charge is -2.03. The van der Waals surface area contributed by atoms with Crippen molar-refractivity contribution in [2.75, 3.05) is 6.54 Å². The summed E-state index contributed by atoms with van der Waals surface area (Å²) in [5, 5.41) is 1.12. The number of Topliss-reactive ketones (excluding diaryl/α,β-unsaturated/α-hetero) is 1. The molecular weight excluding hydrogens is 226 g/mol. The molecule has 0 aliphatic carbocycles. The standard InChI is InChI=1S/C14H19N3O/c15-8-2-1-3-12(18)5-4-11-6-9-16-14-13(11)7-10-17-14/h6-7,9-10H,1-5,8,15H2,(H,16,17). The maximum absolute atomic E-state index is 11.7. The topological polar surface area (TPSA) is 71.8 Å². The Morgan fingerprint density at radius 2 is 2.17 bits per heavy atom. The van der Waals surface area contributed by atoms with Gasteiger partial charge < -0.3 is 10.7 Å². The molecule has 4 heteroatoms. The monoisotopic (exact) mass is 245 g/mol. The van der Waals surface area contributed by atoms with E-state index in [1.807, 2.05) is 18.3 Å². The first-order valence-corrected chi connectivity index (χ1v) is 6.44. The second-order valence-electron chi connectivity index (χ2n) is 4.49. The van der Waals surface area contributed by atoms with Gasteiger partial charge in [0.25, 0.3) is 0 Å². The summed E-state index contributed by atoms with van der Waals surface area (Å²) in [4.78, 5) is 19.0. The molecule has 0 saturated heterocycles. The summed E-state index contributed by atoms with van der Waals surface area (Å²) in [5.74, 6) is 0.323. The van der Waals surface area contributed by atoms with Gasteiger partial charge in [-0.2, -0.15) is 0 Å². The minimum atomic E-state index is 0.323. The quantitative estimate of drug-likeness (QED) is 0.734. The van der Waals surface area contributed by atoms with Crippen molar-refractivity contribution < 1.29 is 4.79 Å². The fraction of sp³-hybridized carbons (Fsp3) is 0.429. The van der Waals surface area contributed by atoms with Crippen LogP contribution in [0.5, 0.6) is 0 Å². The molecule has 3 N–H and O–H groups in total. The molecule has 0 aliphatic rings. The third-order valence-electron chi connectivity index (χ3n) is 3.13. The number of fused-ring (bicyclic) bond motifs is 1. The maximum Gasteiger partial charge on any atom is 0.137 e. The minimum absolute atomic E-state index is 0.323. The zero-order chi connectivity index (χ0) is 12.8. The van der Waals surface area contributed by atoms with E-state index < -0.39 is 0 Å². The lowest BCUT2D eigenvalue weighted by molar-refractivity contribution is -0.119. The van der Waals surface area contributed by atoms with Gasteiger partial charge in [-0.1, -0.05) is 0 Å². The van der Waals surface area contributed by atoms with Crippen LogP contribution >= 0.6 is 0 Å². The van der Waals surface area contributed by atoms with Crippen LogP contribution in [-0.4, -0.2) is 22.3 Å². The first-order chi connectivity index (χ1) is 8.81. The van der Waals surface area contributed by atoms with Gasteiger partial charge in [-0.15, -0.1) is 0 Å². The molecule has 0 unspecified atom stereocenters. The summed E-state index contributed by atoms with van der Waals surface area (Å²) in [5.41, 5.74) is 7.49. The number of carbonyl (C=O) groups is 1. The van der Waals surface area contributed by atoms with Gasteiger partial charge in [-0.3, -0.25) is 4.79 Å². The van der Waals surface area contributed by atoms with E-state index in [1.54, 1.807) is 6.20 Å². The predicted octanol–water partition coefficient (Wildman–Crippen LogP) is 2.19. The zero-order valence-electron chi connectivity index (χ0n) is 10.5. The molecule has 2 aromatic heterocycles. The summed E-state index contributed by atoms with van der Waals surface area (Å²) in [7, 11) is 0. The van der Waals surface area contributed by atoms with Crippen LogP contribution in [0, 0.1) is 0 Å². The van der Waals surface area contributed by atoms with E-state index in [2.05, 4.69) is 9.97 Å². The van der Waals surface area contributed by atoms with Crippen molar-refractivity contribution in [3.63, 3.8) is 0 Å². The van der Waals surface area contributed by atoms with E-state index in [0.29, 0.717) is 25.2 Å². The third-order valence-corrected chi connectivity index (χ3v) is 3.13. The van der Waals surface area contributed by atoms with Gasteiger partial charge in [0, 0.05) is 30.6 Å². The molecule has 2 rings (SSSR count). The molecule has 0 aromatic carbocycles. The number of H-pyrrole nitrogens is 1. The first kappa shape index (κ1) is 12.8. The van der Waals surface area contributed by atoms with Gasteiger partial charge in [0.05, 0.1) is 0 Å². The Morgan fingerprint density at radius 3 is 3.00 bits per heavy atom. The Hall–Kier alpha value is -1.68. The second-order valence-corrected chi connectivity index (χ2v) is 4.49. The van der Waals surface area contributed by atoms with Gasteiger partial charge in [0.2, 0.25) is 0 Å². The lowest BCUT2D eigenvalue weighted by Crippen LogP contribution is -2.03. The zero-order valence-corrected chi connectivity index (χ0v) is 10.5. The molecule has 0 amide bonds. The van der Waals surface area contributed by atoms with E-state index in [9.17, 15) is 4.79 Å². The number of nitrogens with one attached hydrogen (secondary N) is 1. The second kappa shape index (κ2) is 6.31. The third kappa shape index (κ3) is 3.17. The highest BCUT2D eigenvalue weighted by Gasteiger charge is 2.06. The number of aromatic amines is 1. The fourth-order valence-electron chi connectivity index (χ4n) is 2.10. The summed E-state index contributed by atoms with van der Waals surface area (Å²) in [6, 6.07) is 4.00. The van der Waals surface area contributed by atoms with Crippen LogP contribution in [0.15, 0.2) is 24.5 Å². The number of aryl methyl sites for hydroxylation is 1. The summed E-state index contributed by atoms with van der Waals surface area (Å²) >= 11 is 0. The highest BCUT2D eigenvalue weighted by molar-refractivity contribution is 5.82. The van der Waals surface area contributed by atoms with Gasteiger partial charge in [0.1, 0.15) is 11.4 Å². The van der Waals surface area contributed by atoms with Crippen LogP contribution in [-0.2, 0) is 11.2 Å². The van der Waals surface area contributed by atoms with Crippen molar-refractivity contribution in [1.82, 2.24) is 9.97 Å². The Kier molecular flexibility index (Phi) is 4.47. The van der Waals surface area contributed by atoms with Crippen LogP contribution in [0.25, 0.3) is 11.0 Å². The lowest BCUT2D eigenvalue weighted by atomic mass is 10.0. The molecule has 0 fully saturated rings. The SMILES string of the molecule is NCCCCC(=O)CCc1ccnc2[nH]ccc12. The normalized spacial score (nSPS) is 10.9. The minimum Gasteiger partial charge on any atom is -0.346 e. The molecule has 0 atom stereocenters. The number of pyridine rings is 1. The number of nitrogens with zero attached hydrogens (tertiary/aromatic N) is 1. The molecule has 2 heterocycles.